The molecule has 0 nitrogen and oxygen atoms in total. The third kappa shape index (κ3) is 9.46. The van der Waals surface area contributed by atoms with E-state index in [-0.39, 0.29) is 25.7 Å². The zero-order valence-electron chi connectivity index (χ0n) is 31.6. The molecule has 0 fully saturated rings. The SMILES string of the molecule is CCC(C)c1cc2c(-c3ccc(C(C)(C)C)cc3)cccc2[cH-]1.Cc1cc2c(-c3ccc(C(C)(C)C)cc3)ccc(C)c2[cH-]1.[CH3-].[CH3-].[Si]=[Zr]. The molecular weight excluding hydrogens is 672 g/mol. The van der Waals surface area contributed by atoms with Gasteiger partial charge in [-0.3, -0.25) is 0 Å². The van der Waals surface area contributed by atoms with Gasteiger partial charge in [0.25, 0.3) is 0 Å². The summed E-state index contributed by atoms with van der Waals surface area (Å²) in [5.74, 6) is 0.624. The van der Waals surface area contributed by atoms with Crippen molar-refractivity contribution in [2.45, 2.75) is 92.4 Å². The van der Waals surface area contributed by atoms with E-state index in [0.717, 1.165) is 0 Å². The van der Waals surface area contributed by atoms with Crippen molar-refractivity contribution in [1.82, 2.24) is 0 Å². The molecule has 2 radical (unpaired) electrons. The molecule has 0 bridgehead atoms. The van der Waals surface area contributed by atoms with Gasteiger partial charge in [0.1, 0.15) is 0 Å². The maximum absolute atomic E-state index is 3.06. The van der Waals surface area contributed by atoms with Crippen molar-refractivity contribution in [3.8, 4) is 22.3 Å². The molecule has 0 aromatic heterocycles. The predicted molar refractivity (Wildman–Crippen MR) is 214 cm³/mol. The summed E-state index contributed by atoms with van der Waals surface area (Å²) in [5, 5.41) is 5.49. The van der Waals surface area contributed by atoms with Gasteiger partial charge in [-0.15, -0.1) is 68.6 Å². The summed E-state index contributed by atoms with van der Waals surface area (Å²) >= 11 is 1.36. The van der Waals surface area contributed by atoms with E-state index in [1.165, 1.54) is 101 Å². The van der Waals surface area contributed by atoms with Gasteiger partial charge in [0.05, 0.1) is 0 Å². The third-order valence-corrected chi connectivity index (χ3v) is 9.33. The molecule has 0 saturated heterocycles. The number of rotatable bonds is 4. The Morgan fingerprint density at radius 3 is 1.62 bits per heavy atom. The van der Waals surface area contributed by atoms with Crippen LogP contribution >= 0.6 is 0 Å². The molecular formula is C46H56SiZr-4. The van der Waals surface area contributed by atoms with Gasteiger partial charge in [-0.1, -0.05) is 147 Å². The first-order valence-corrected chi connectivity index (χ1v) is 20.8. The summed E-state index contributed by atoms with van der Waals surface area (Å²) in [6.45, 7) is 25.5. The fourth-order valence-corrected chi connectivity index (χ4v) is 6.17. The summed E-state index contributed by atoms with van der Waals surface area (Å²) < 4.78 is 0. The van der Waals surface area contributed by atoms with Gasteiger partial charge in [0, 0.05) is 0 Å². The van der Waals surface area contributed by atoms with Crippen LogP contribution in [-0.4, -0.2) is 6.88 Å². The first-order chi connectivity index (χ1) is 21.8. The van der Waals surface area contributed by atoms with Crippen LogP contribution < -0.4 is 0 Å². The van der Waals surface area contributed by atoms with Crippen LogP contribution in [0.5, 0.6) is 0 Å². The molecule has 0 heterocycles. The molecule has 0 aliphatic rings. The zero-order valence-corrected chi connectivity index (χ0v) is 35.1. The summed E-state index contributed by atoms with van der Waals surface area (Å²) in [4.78, 5) is 0. The Balaban J connectivity index is 0.000000306. The van der Waals surface area contributed by atoms with Gasteiger partial charge in [0.2, 0.25) is 0 Å². The van der Waals surface area contributed by atoms with Crippen molar-refractivity contribution in [2.75, 3.05) is 0 Å². The normalized spacial score (nSPS) is 11.8. The molecule has 48 heavy (non-hydrogen) atoms. The van der Waals surface area contributed by atoms with Crippen molar-refractivity contribution in [3.63, 3.8) is 0 Å². The summed E-state index contributed by atoms with van der Waals surface area (Å²) in [6.07, 6.45) is 1.19. The Labute approximate surface area is 310 Å². The third-order valence-electron chi connectivity index (χ3n) is 9.33. The van der Waals surface area contributed by atoms with Gasteiger partial charge < -0.3 is 14.9 Å². The first-order valence-electron chi connectivity index (χ1n) is 16.6. The molecule has 6 rings (SSSR count). The van der Waals surface area contributed by atoms with Crippen LogP contribution in [0.4, 0.5) is 0 Å². The van der Waals surface area contributed by atoms with Crippen LogP contribution in [-0.2, 0) is 34.2 Å². The van der Waals surface area contributed by atoms with Crippen LogP contribution in [0.25, 0.3) is 43.8 Å². The maximum atomic E-state index is 3.06. The zero-order chi connectivity index (χ0) is 33.8. The van der Waals surface area contributed by atoms with Crippen molar-refractivity contribution in [2.24, 2.45) is 0 Å². The van der Waals surface area contributed by atoms with Gasteiger partial charge in [-0.2, -0.15) is 12.1 Å². The fraction of sp³-hybridized carbons (Fsp3) is 0.304. The molecule has 0 aliphatic heterocycles. The topological polar surface area (TPSA) is 0 Å². The van der Waals surface area contributed by atoms with Crippen LogP contribution in [0.15, 0.2) is 103 Å². The molecule has 0 amide bonds. The van der Waals surface area contributed by atoms with Crippen molar-refractivity contribution in [1.29, 1.82) is 0 Å². The van der Waals surface area contributed by atoms with Gasteiger partial charge in [-0.25, -0.2) is 0 Å². The molecule has 1 unspecified atom stereocenters. The Morgan fingerprint density at radius 2 is 1.15 bits per heavy atom. The molecule has 0 spiro atoms. The average molecular weight is 728 g/mol. The number of fused-ring (bicyclic) bond motifs is 2. The average Bonchev–Trinajstić information content (AvgIpc) is 3.66. The molecule has 1 atom stereocenters. The van der Waals surface area contributed by atoms with E-state index in [1.54, 1.807) is 0 Å². The van der Waals surface area contributed by atoms with Gasteiger partial charge in [0.15, 0.2) is 0 Å². The van der Waals surface area contributed by atoms with Crippen molar-refractivity contribution in [3.05, 3.63) is 146 Å². The van der Waals surface area contributed by atoms with E-state index < -0.39 is 0 Å². The molecule has 0 saturated carbocycles. The first kappa shape index (κ1) is 41.4. The Morgan fingerprint density at radius 1 is 0.646 bits per heavy atom. The van der Waals surface area contributed by atoms with Crippen molar-refractivity contribution >= 4 is 28.4 Å². The molecule has 2 heteroatoms. The van der Waals surface area contributed by atoms with Crippen LogP contribution in [0, 0.1) is 28.7 Å². The number of hydrogen-bond acceptors (Lipinski definition) is 0. The fourth-order valence-electron chi connectivity index (χ4n) is 6.17. The summed E-state index contributed by atoms with van der Waals surface area (Å²) in [6, 6.07) is 38.6. The van der Waals surface area contributed by atoms with Crippen LogP contribution in [0.2, 0.25) is 0 Å². The minimum atomic E-state index is 0. The van der Waals surface area contributed by atoms with Crippen molar-refractivity contribution < 1.29 is 23.3 Å². The quantitative estimate of drug-likeness (QED) is 0.125. The second kappa shape index (κ2) is 17.2. The van der Waals surface area contributed by atoms with E-state index in [4.69, 9.17) is 0 Å². The van der Waals surface area contributed by atoms with Crippen LogP contribution in [0.1, 0.15) is 95.5 Å². The van der Waals surface area contributed by atoms with E-state index in [0.29, 0.717) is 5.92 Å². The minimum absolute atomic E-state index is 0. The number of hydrogen-bond donors (Lipinski definition) is 0. The van der Waals surface area contributed by atoms with Crippen LogP contribution in [0.3, 0.4) is 0 Å². The van der Waals surface area contributed by atoms with E-state index >= 15 is 0 Å². The summed E-state index contributed by atoms with van der Waals surface area (Å²) in [5.41, 5.74) is 12.6. The molecule has 0 N–H and O–H groups in total. The molecule has 6 aromatic rings. The Kier molecular flexibility index (Phi) is 14.8. The molecule has 252 valence electrons. The Bertz CT molecular complexity index is 1880. The van der Waals surface area contributed by atoms with E-state index in [2.05, 4.69) is 179 Å². The predicted octanol–water partition coefficient (Wildman–Crippen LogP) is 13.7. The monoisotopic (exact) mass is 726 g/mol. The standard InChI is InChI=1S/C23H27.C21H23.2CH3.Si.Zr/c1-6-16(2)19-14-18-8-7-9-21(22(18)15-19)17-10-12-20(13-11-17)23(3,4)5;1-14-12-19-15(2)6-11-18(20(19)13-14)16-7-9-17(10-8-16)21(3,4)5;;;;/h7-16H,6H2,1-5H3;6-13H,1-5H3;2*1H3;;/q4*-1;;. The second-order valence-corrected chi connectivity index (χ2v) is 14.9. The molecule has 6 aromatic carbocycles. The molecule has 0 aliphatic carbocycles. The van der Waals surface area contributed by atoms with E-state index in [1.807, 2.05) is 0 Å². The van der Waals surface area contributed by atoms with Gasteiger partial charge in [-0.05, 0) is 39.0 Å². The number of aryl methyl sites for hydroxylation is 2. The van der Waals surface area contributed by atoms with E-state index in [9.17, 15) is 0 Å². The Hall–Kier alpha value is -2.80. The summed E-state index contributed by atoms with van der Waals surface area (Å²) in [7, 11) is 0. The second-order valence-electron chi connectivity index (χ2n) is 14.9. The van der Waals surface area contributed by atoms with Gasteiger partial charge >= 0.3 is 30.2 Å². The number of benzene rings is 4.